The first kappa shape index (κ1) is 20.3. The van der Waals surface area contributed by atoms with E-state index in [0.717, 1.165) is 11.3 Å². The van der Waals surface area contributed by atoms with Crippen LogP contribution in [0.5, 0.6) is 0 Å². The van der Waals surface area contributed by atoms with Gasteiger partial charge in [0.15, 0.2) is 12.3 Å². The van der Waals surface area contributed by atoms with Gasteiger partial charge in [0.25, 0.3) is 5.91 Å². The highest BCUT2D eigenvalue weighted by atomic mass is 16.5. The molecule has 0 unspecified atom stereocenters. The molecule has 6 nitrogen and oxygen atoms in total. The number of nitrogens with one attached hydrogen (secondary N) is 1. The molecule has 0 fully saturated rings. The van der Waals surface area contributed by atoms with Gasteiger partial charge in [-0.2, -0.15) is 5.10 Å². The Bertz CT molecular complexity index is 966. The summed E-state index contributed by atoms with van der Waals surface area (Å²) in [6.07, 6.45) is 0. The van der Waals surface area contributed by atoms with Gasteiger partial charge in [-0.15, -0.1) is 0 Å². The first-order chi connectivity index (χ1) is 14.0. The van der Waals surface area contributed by atoms with Crippen molar-refractivity contribution < 1.29 is 14.3 Å². The SMILES string of the molecule is CC(C)[C@H](C)NC(=O)COC(=O)c1cc(-c2ccccc2)nn1-c1ccccc1. The van der Waals surface area contributed by atoms with E-state index in [1.54, 1.807) is 10.7 Å². The lowest BCUT2D eigenvalue weighted by molar-refractivity contribution is -0.125. The van der Waals surface area contributed by atoms with Crippen molar-refractivity contribution in [1.82, 2.24) is 15.1 Å². The molecule has 0 aliphatic carbocycles. The minimum atomic E-state index is -0.601. The summed E-state index contributed by atoms with van der Waals surface area (Å²) in [7, 11) is 0. The van der Waals surface area contributed by atoms with Gasteiger partial charge in [0, 0.05) is 11.6 Å². The number of benzene rings is 2. The Hall–Kier alpha value is -3.41. The number of nitrogens with zero attached hydrogens (tertiary/aromatic N) is 2. The van der Waals surface area contributed by atoms with Crippen LogP contribution in [0.3, 0.4) is 0 Å². The topological polar surface area (TPSA) is 73.2 Å². The number of rotatable bonds is 7. The molecule has 3 rings (SSSR count). The molecule has 6 heteroatoms. The van der Waals surface area contributed by atoms with Gasteiger partial charge in [-0.1, -0.05) is 62.4 Å². The van der Waals surface area contributed by atoms with E-state index in [-0.39, 0.29) is 24.2 Å². The third kappa shape index (κ3) is 5.10. The Morgan fingerprint density at radius 3 is 2.24 bits per heavy atom. The second-order valence-corrected chi connectivity index (χ2v) is 7.20. The Morgan fingerprint density at radius 1 is 1.00 bits per heavy atom. The molecule has 1 aromatic heterocycles. The molecule has 1 heterocycles. The van der Waals surface area contributed by atoms with Crippen molar-refractivity contribution in [3.8, 4) is 16.9 Å². The monoisotopic (exact) mass is 391 g/mol. The zero-order valence-electron chi connectivity index (χ0n) is 16.8. The van der Waals surface area contributed by atoms with Crippen molar-refractivity contribution in [1.29, 1.82) is 0 Å². The summed E-state index contributed by atoms with van der Waals surface area (Å²) in [6.45, 7) is 5.61. The van der Waals surface area contributed by atoms with E-state index in [4.69, 9.17) is 4.74 Å². The molecular formula is C23H25N3O3. The predicted octanol–water partition coefficient (Wildman–Crippen LogP) is 3.86. The summed E-state index contributed by atoms with van der Waals surface area (Å²) in [5.74, 6) is -0.632. The van der Waals surface area contributed by atoms with Gasteiger partial charge in [0.2, 0.25) is 0 Å². The number of carbonyl (C=O) groups excluding carboxylic acids is 2. The molecule has 2 aromatic carbocycles. The van der Waals surface area contributed by atoms with Crippen molar-refractivity contribution in [3.63, 3.8) is 0 Å². The molecule has 0 aliphatic heterocycles. The highest BCUT2D eigenvalue weighted by Crippen LogP contribution is 2.22. The molecule has 0 saturated heterocycles. The van der Waals surface area contributed by atoms with Crippen LogP contribution in [0.4, 0.5) is 0 Å². The molecule has 29 heavy (non-hydrogen) atoms. The van der Waals surface area contributed by atoms with Gasteiger partial charge in [0.05, 0.1) is 11.4 Å². The van der Waals surface area contributed by atoms with Crippen molar-refractivity contribution in [2.24, 2.45) is 5.92 Å². The molecule has 0 radical (unpaired) electrons. The lowest BCUT2D eigenvalue weighted by atomic mass is 10.1. The zero-order chi connectivity index (χ0) is 20.8. The van der Waals surface area contributed by atoms with Crippen LogP contribution in [0.25, 0.3) is 16.9 Å². The van der Waals surface area contributed by atoms with E-state index >= 15 is 0 Å². The summed E-state index contributed by atoms with van der Waals surface area (Å²) in [5.41, 5.74) is 2.54. The van der Waals surface area contributed by atoms with E-state index in [9.17, 15) is 9.59 Å². The van der Waals surface area contributed by atoms with Crippen LogP contribution < -0.4 is 5.32 Å². The molecule has 0 saturated carbocycles. The third-order valence-corrected chi connectivity index (χ3v) is 4.71. The van der Waals surface area contributed by atoms with Crippen LogP contribution in [-0.2, 0) is 9.53 Å². The number of carbonyl (C=O) groups is 2. The molecule has 0 aliphatic rings. The third-order valence-electron chi connectivity index (χ3n) is 4.71. The fraction of sp³-hybridized carbons (Fsp3) is 0.261. The Morgan fingerprint density at radius 2 is 1.62 bits per heavy atom. The second kappa shape index (κ2) is 9.19. The Balaban J connectivity index is 1.82. The van der Waals surface area contributed by atoms with E-state index < -0.39 is 5.97 Å². The summed E-state index contributed by atoms with van der Waals surface area (Å²) < 4.78 is 6.81. The summed E-state index contributed by atoms with van der Waals surface area (Å²) >= 11 is 0. The fourth-order valence-electron chi connectivity index (χ4n) is 2.71. The van der Waals surface area contributed by atoms with Gasteiger partial charge >= 0.3 is 5.97 Å². The maximum absolute atomic E-state index is 12.7. The largest absolute Gasteiger partial charge is 0.451 e. The molecule has 1 amide bonds. The number of esters is 1. The van der Waals surface area contributed by atoms with Gasteiger partial charge < -0.3 is 10.1 Å². The maximum atomic E-state index is 12.7. The Labute approximate surface area is 170 Å². The molecule has 3 aromatic rings. The highest BCUT2D eigenvalue weighted by Gasteiger charge is 2.20. The molecule has 1 N–H and O–H groups in total. The first-order valence-electron chi connectivity index (χ1n) is 9.63. The summed E-state index contributed by atoms with van der Waals surface area (Å²) in [6, 6.07) is 20.6. The summed E-state index contributed by atoms with van der Waals surface area (Å²) in [4.78, 5) is 24.8. The van der Waals surface area contributed by atoms with Crippen LogP contribution in [0.15, 0.2) is 66.7 Å². The fourth-order valence-corrected chi connectivity index (χ4v) is 2.71. The molecule has 150 valence electrons. The van der Waals surface area contributed by atoms with Crippen molar-refractivity contribution >= 4 is 11.9 Å². The van der Waals surface area contributed by atoms with E-state index in [1.165, 1.54) is 0 Å². The number of amides is 1. The molecule has 0 spiro atoms. The average molecular weight is 391 g/mol. The normalized spacial score (nSPS) is 11.9. The van der Waals surface area contributed by atoms with E-state index in [1.807, 2.05) is 81.4 Å². The smallest absolute Gasteiger partial charge is 0.357 e. The molecular weight excluding hydrogens is 366 g/mol. The number of para-hydroxylation sites is 1. The first-order valence-corrected chi connectivity index (χ1v) is 9.63. The van der Waals surface area contributed by atoms with Crippen LogP contribution in [0.2, 0.25) is 0 Å². The second-order valence-electron chi connectivity index (χ2n) is 7.20. The quantitative estimate of drug-likeness (QED) is 0.621. The van der Waals surface area contributed by atoms with Crippen molar-refractivity contribution in [2.75, 3.05) is 6.61 Å². The van der Waals surface area contributed by atoms with Crippen molar-refractivity contribution in [2.45, 2.75) is 26.8 Å². The van der Waals surface area contributed by atoms with Crippen LogP contribution in [0, 0.1) is 5.92 Å². The van der Waals surface area contributed by atoms with Crippen LogP contribution >= 0.6 is 0 Å². The lowest BCUT2D eigenvalue weighted by Gasteiger charge is -2.17. The van der Waals surface area contributed by atoms with Gasteiger partial charge in [-0.05, 0) is 31.0 Å². The maximum Gasteiger partial charge on any atom is 0.357 e. The van der Waals surface area contributed by atoms with Gasteiger partial charge in [-0.25, -0.2) is 9.48 Å². The minimum Gasteiger partial charge on any atom is -0.451 e. The predicted molar refractivity (Wildman–Crippen MR) is 112 cm³/mol. The number of ether oxygens (including phenoxy) is 1. The Kier molecular flexibility index (Phi) is 6.44. The van der Waals surface area contributed by atoms with E-state index in [0.29, 0.717) is 11.6 Å². The number of hydrogen-bond donors (Lipinski definition) is 1. The van der Waals surface area contributed by atoms with Gasteiger partial charge in [-0.3, -0.25) is 4.79 Å². The lowest BCUT2D eigenvalue weighted by Crippen LogP contribution is -2.38. The van der Waals surface area contributed by atoms with Gasteiger partial charge in [0.1, 0.15) is 0 Å². The molecule has 1 atom stereocenters. The van der Waals surface area contributed by atoms with Crippen LogP contribution in [-0.4, -0.2) is 34.3 Å². The number of aromatic nitrogens is 2. The highest BCUT2D eigenvalue weighted by molar-refractivity contribution is 5.91. The van der Waals surface area contributed by atoms with Crippen LogP contribution in [0.1, 0.15) is 31.3 Å². The standard InChI is InChI=1S/C23H25N3O3/c1-16(2)17(3)24-22(27)15-29-23(28)21-14-20(18-10-6-4-7-11-18)25-26(21)19-12-8-5-9-13-19/h4-14,16-17H,15H2,1-3H3,(H,24,27)/t17-/m0/s1. The zero-order valence-corrected chi connectivity index (χ0v) is 16.8. The minimum absolute atomic E-state index is 0.000678. The average Bonchev–Trinajstić information content (AvgIpc) is 3.19. The van der Waals surface area contributed by atoms with E-state index in [2.05, 4.69) is 10.4 Å². The van der Waals surface area contributed by atoms with Crippen molar-refractivity contribution in [3.05, 3.63) is 72.4 Å². The number of hydrogen-bond acceptors (Lipinski definition) is 4. The molecule has 0 bridgehead atoms. The summed E-state index contributed by atoms with van der Waals surface area (Å²) in [5, 5.41) is 7.41.